The third-order valence-corrected chi connectivity index (χ3v) is 5.27. The van der Waals surface area contributed by atoms with Crippen LogP contribution in [0.2, 0.25) is 0 Å². The highest BCUT2D eigenvalue weighted by Gasteiger charge is 2.20. The van der Waals surface area contributed by atoms with E-state index in [1.807, 2.05) is 30.3 Å². The molecule has 0 radical (unpaired) electrons. The highest BCUT2D eigenvalue weighted by Crippen LogP contribution is 2.22. The molecule has 3 aromatic rings. The Hall–Kier alpha value is -3.24. The molecule has 10 heteroatoms. The Balaban J connectivity index is 1.78. The summed E-state index contributed by atoms with van der Waals surface area (Å²) in [4.78, 5) is 16.0. The minimum atomic E-state index is -3.92. The molecule has 9 nitrogen and oxygen atoms in total. The second-order valence-corrected chi connectivity index (χ2v) is 7.41. The molecule has 2 N–H and O–H groups in total. The molecule has 0 aliphatic rings. The summed E-state index contributed by atoms with van der Waals surface area (Å²) in [5.74, 6) is 0.282. The van der Waals surface area contributed by atoms with Gasteiger partial charge in [0, 0.05) is 12.6 Å². The summed E-state index contributed by atoms with van der Waals surface area (Å²) in [5, 5.41) is 6.28. The topological polar surface area (TPSA) is 123 Å². The van der Waals surface area contributed by atoms with Gasteiger partial charge in [-0.05, 0) is 18.2 Å². The normalized spacial score (nSPS) is 11.2. The summed E-state index contributed by atoms with van der Waals surface area (Å²) in [6, 6.07) is 13.2. The third kappa shape index (κ3) is 4.18. The first-order chi connectivity index (χ1) is 13.4. The van der Waals surface area contributed by atoms with Crippen molar-refractivity contribution < 1.29 is 22.5 Å². The van der Waals surface area contributed by atoms with Gasteiger partial charge in [0.05, 0.1) is 24.1 Å². The zero-order chi connectivity index (χ0) is 20.1. The molecule has 1 heterocycles. The Bertz CT molecular complexity index is 1080. The minimum Gasteiger partial charge on any atom is -0.496 e. The van der Waals surface area contributed by atoms with Crippen LogP contribution in [0.3, 0.4) is 0 Å². The molecule has 0 fully saturated rings. The lowest BCUT2D eigenvalue weighted by Gasteiger charge is -2.10. The molecule has 1 amide bonds. The van der Waals surface area contributed by atoms with Gasteiger partial charge < -0.3 is 14.6 Å². The summed E-state index contributed by atoms with van der Waals surface area (Å²) < 4.78 is 37.7. The van der Waals surface area contributed by atoms with Gasteiger partial charge in [0.25, 0.3) is 5.91 Å². The lowest BCUT2D eigenvalue weighted by atomic mass is 10.2. The van der Waals surface area contributed by atoms with E-state index in [0.29, 0.717) is 5.82 Å². The summed E-state index contributed by atoms with van der Waals surface area (Å²) >= 11 is 0. The van der Waals surface area contributed by atoms with Crippen LogP contribution in [0, 0.1) is 0 Å². The second-order valence-electron chi connectivity index (χ2n) is 5.64. The average molecular weight is 402 g/mol. The quantitative estimate of drug-likeness (QED) is 0.615. The summed E-state index contributed by atoms with van der Waals surface area (Å²) in [6.45, 7) is -0.191. The minimum absolute atomic E-state index is 0.0882. The smallest absolute Gasteiger partial charge is 0.254 e. The number of hydrogen-bond donors (Lipinski definition) is 2. The largest absolute Gasteiger partial charge is 0.496 e. The van der Waals surface area contributed by atoms with Crippen LogP contribution in [0.15, 0.2) is 57.9 Å². The van der Waals surface area contributed by atoms with E-state index >= 15 is 0 Å². The predicted molar refractivity (Wildman–Crippen MR) is 100 cm³/mol. The van der Waals surface area contributed by atoms with Crippen molar-refractivity contribution in [1.82, 2.24) is 20.2 Å². The number of amides is 1. The van der Waals surface area contributed by atoms with Crippen molar-refractivity contribution in [3.63, 3.8) is 0 Å². The van der Waals surface area contributed by atoms with Crippen LogP contribution in [0.25, 0.3) is 11.4 Å². The van der Waals surface area contributed by atoms with E-state index in [9.17, 15) is 13.2 Å². The van der Waals surface area contributed by atoms with Crippen molar-refractivity contribution >= 4 is 15.9 Å². The molecule has 0 aliphatic heterocycles. The zero-order valence-corrected chi connectivity index (χ0v) is 16.0. The SMILES string of the molecule is CNC(=O)c1cc(S(=O)(=O)NCc2nc(-c3ccccc3)no2)ccc1OC. The number of methoxy groups -OCH3 is 1. The lowest BCUT2D eigenvalue weighted by Crippen LogP contribution is -2.24. The molecule has 2 aromatic carbocycles. The van der Waals surface area contributed by atoms with Gasteiger partial charge in [-0.1, -0.05) is 35.5 Å². The van der Waals surface area contributed by atoms with Gasteiger partial charge >= 0.3 is 0 Å². The summed E-state index contributed by atoms with van der Waals surface area (Å²) in [5.41, 5.74) is 0.864. The van der Waals surface area contributed by atoms with Crippen LogP contribution >= 0.6 is 0 Å². The molecule has 0 spiro atoms. The van der Waals surface area contributed by atoms with E-state index in [0.717, 1.165) is 5.56 Å². The van der Waals surface area contributed by atoms with Gasteiger partial charge in [-0.15, -0.1) is 0 Å². The third-order valence-electron chi connectivity index (χ3n) is 3.87. The van der Waals surface area contributed by atoms with Gasteiger partial charge in [-0.3, -0.25) is 4.79 Å². The maximum Gasteiger partial charge on any atom is 0.254 e. The highest BCUT2D eigenvalue weighted by atomic mass is 32.2. The van der Waals surface area contributed by atoms with E-state index < -0.39 is 15.9 Å². The fraction of sp³-hybridized carbons (Fsp3) is 0.167. The van der Waals surface area contributed by atoms with Gasteiger partial charge in [-0.25, -0.2) is 13.1 Å². The maximum absolute atomic E-state index is 12.6. The first-order valence-corrected chi connectivity index (χ1v) is 9.70. The van der Waals surface area contributed by atoms with Crippen LogP contribution < -0.4 is 14.8 Å². The van der Waals surface area contributed by atoms with E-state index in [1.54, 1.807) is 0 Å². The Morgan fingerprint density at radius 3 is 2.61 bits per heavy atom. The van der Waals surface area contributed by atoms with E-state index in [4.69, 9.17) is 9.26 Å². The number of rotatable bonds is 7. The molecule has 3 rings (SSSR count). The standard InChI is InChI=1S/C18H18N4O5S/c1-19-18(23)14-10-13(8-9-15(14)26-2)28(24,25)20-11-16-21-17(22-27-16)12-6-4-3-5-7-12/h3-10,20H,11H2,1-2H3,(H,19,23). The molecule has 1 aromatic heterocycles. The van der Waals surface area contributed by atoms with E-state index in [1.165, 1.54) is 32.4 Å². The fourth-order valence-electron chi connectivity index (χ4n) is 2.44. The number of sulfonamides is 1. The number of nitrogens with one attached hydrogen (secondary N) is 2. The van der Waals surface area contributed by atoms with Gasteiger partial charge in [0.2, 0.25) is 21.7 Å². The number of aromatic nitrogens is 2. The number of hydrogen-bond acceptors (Lipinski definition) is 7. The van der Waals surface area contributed by atoms with E-state index in [2.05, 4.69) is 20.2 Å². The van der Waals surface area contributed by atoms with Crippen LogP contribution in [0.4, 0.5) is 0 Å². The summed E-state index contributed by atoms with van der Waals surface area (Å²) in [6.07, 6.45) is 0. The molecule has 0 bridgehead atoms. The van der Waals surface area contributed by atoms with Gasteiger partial charge in [0.15, 0.2) is 0 Å². The number of ether oxygens (including phenoxy) is 1. The van der Waals surface area contributed by atoms with Gasteiger partial charge in [0.1, 0.15) is 5.75 Å². The number of nitrogens with zero attached hydrogens (tertiary/aromatic N) is 2. The van der Waals surface area contributed by atoms with Crippen LogP contribution in [-0.4, -0.2) is 38.6 Å². The molecular weight excluding hydrogens is 384 g/mol. The molecular formula is C18H18N4O5S. The molecule has 0 aliphatic carbocycles. The van der Waals surface area contributed by atoms with Crippen molar-refractivity contribution in [2.45, 2.75) is 11.4 Å². The van der Waals surface area contributed by atoms with Crippen molar-refractivity contribution in [3.05, 3.63) is 60.0 Å². The fourth-order valence-corrected chi connectivity index (χ4v) is 3.44. The Morgan fingerprint density at radius 2 is 1.93 bits per heavy atom. The van der Waals surface area contributed by atoms with Crippen LogP contribution in [0.5, 0.6) is 5.75 Å². The first-order valence-electron chi connectivity index (χ1n) is 8.22. The Labute approximate surface area is 161 Å². The van der Waals surface area contributed by atoms with Crippen molar-refractivity contribution in [2.24, 2.45) is 0 Å². The molecule has 0 atom stereocenters. The molecule has 0 saturated heterocycles. The lowest BCUT2D eigenvalue weighted by molar-refractivity contribution is 0.0960. The highest BCUT2D eigenvalue weighted by molar-refractivity contribution is 7.89. The van der Waals surface area contributed by atoms with Crippen molar-refractivity contribution in [3.8, 4) is 17.1 Å². The molecule has 146 valence electrons. The average Bonchev–Trinajstić information content (AvgIpc) is 3.21. The number of carbonyl (C=O) groups excluding carboxylic acids is 1. The predicted octanol–water partition coefficient (Wildman–Crippen LogP) is 1.58. The second kappa shape index (κ2) is 8.19. The van der Waals surface area contributed by atoms with Crippen LogP contribution in [0.1, 0.15) is 16.2 Å². The van der Waals surface area contributed by atoms with Crippen LogP contribution in [-0.2, 0) is 16.6 Å². The number of carbonyl (C=O) groups is 1. The Kier molecular flexibility index (Phi) is 5.71. The zero-order valence-electron chi connectivity index (χ0n) is 15.2. The first kappa shape index (κ1) is 19.5. The Morgan fingerprint density at radius 1 is 1.18 bits per heavy atom. The van der Waals surface area contributed by atoms with E-state index in [-0.39, 0.29) is 28.6 Å². The van der Waals surface area contributed by atoms with Crippen molar-refractivity contribution in [1.29, 1.82) is 0 Å². The molecule has 0 unspecified atom stereocenters. The van der Waals surface area contributed by atoms with Gasteiger partial charge in [-0.2, -0.15) is 4.98 Å². The number of benzene rings is 2. The molecule has 0 saturated carbocycles. The monoisotopic (exact) mass is 402 g/mol. The van der Waals surface area contributed by atoms with Crippen molar-refractivity contribution in [2.75, 3.05) is 14.2 Å². The summed E-state index contributed by atoms with van der Waals surface area (Å²) in [7, 11) is -1.07. The molecule has 28 heavy (non-hydrogen) atoms. The maximum atomic E-state index is 12.6.